The first-order chi connectivity index (χ1) is 5.59. The molecule has 1 aliphatic rings. The van der Waals surface area contributed by atoms with Gasteiger partial charge in [0.15, 0.2) is 0 Å². The van der Waals surface area contributed by atoms with Crippen molar-refractivity contribution in [1.82, 2.24) is 0 Å². The lowest BCUT2D eigenvalue weighted by atomic mass is 10.1. The van der Waals surface area contributed by atoms with Crippen LogP contribution < -0.4 is 0 Å². The van der Waals surface area contributed by atoms with Crippen molar-refractivity contribution < 1.29 is 5.11 Å². The van der Waals surface area contributed by atoms with Crippen LogP contribution in [0.15, 0.2) is 24.3 Å². The third-order valence-electron chi connectivity index (χ3n) is 2.48. The molecule has 1 saturated carbocycles. The quantitative estimate of drug-likeness (QED) is 0.708. The van der Waals surface area contributed by atoms with E-state index in [1.165, 1.54) is 5.56 Å². The van der Waals surface area contributed by atoms with Crippen molar-refractivity contribution in [3.8, 4) is 0 Å². The molecule has 1 fully saturated rings. The van der Waals surface area contributed by atoms with E-state index in [9.17, 15) is 5.11 Å². The van der Waals surface area contributed by atoms with Crippen LogP contribution in [0, 0.1) is 0 Å². The molecule has 0 heterocycles. The molecule has 0 spiro atoms. The van der Waals surface area contributed by atoms with Gasteiger partial charge in [-0.05, 0) is 31.0 Å². The first-order valence-electron chi connectivity index (χ1n) is 4.07. The van der Waals surface area contributed by atoms with Crippen molar-refractivity contribution in [2.75, 3.05) is 0 Å². The Balaban J connectivity index is 2.21. The molecular weight excluding hydrogens is 172 g/mol. The predicted molar refractivity (Wildman–Crippen MR) is 49.4 cm³/mol. The van der Waals surface area contributed by atoms with E-state index in [2.05, 4.69) is 0 Å². The number of hydrogen-bond donors (Lipinski definition) is 1. The Bertz CT molecular complexity index is 289. The van der Waals surface area contributed by atoms with Gasteiger partial charge in [0, 0.05) is 10.9 Å². The van der Waals surface area contributed by atoms with Gasteiger partial charge in [0.25, 0.3) is 0 Å². The first kappa shape index (κ1) is 8.09. The monoisotopic (exact) mass is 182 g/mol. The number of benzene rings is 1. The number of rotatable bonds is 1. The van der Waals surface area contributed by atoms with Gasteiger partial charge in [-0.25, -0.2) is 0 Å². The Morgan fingerprint density at radius 1 is 1.42 bits per heavy atom. The summed E-state index contributed by atoms with van der Waals surface area (Å²) < 4.78 is 0. The van der Waals surface area contributed by atoms with Gasteiger partial charge in [0.1, 0.15) is 0 Å². The van der Waals surface area contributed by atoms with E-state index >= 15 is 0 Å². The molecule has 1 aromatic carbocycles. The Morgan fingerprint density at radius 2 is 1.92 bits per heavy atom. The van der Waals surface area contributed by atoms with Crippen molar-refractivity contribution in [2.45, 2.75) is 24.9 Å². The Morgan fingerprint density at radius 3 is 2.33 bits per heavy atom. The molecule has 1 N–H and O–H groups in total. The van der Waals surface area contributed by atoms with Crippen LogP contribution in [-0.2, 0) is 0 Å². The summed E-state index contributed by atoms with van der Waals surface area (Å²) in [6.45, 7) is 1.87. The van der Waals surface area contributed by atoms with Crippen LogP contribution in [0.3, 0.4) is 0 Å². The third-order valence-corrected chi connectivity index (χ3v) is 2.73. The molecule has 12 heavy (non-hydrogen) atoms. The minimum absolute atomic E-state index is 0.315. The van der Waals surface area contributed by atoms with Crippen LogP contribution in [0.1, 0.15) is 24.8 Å². The summed E-state index contributed by atoms with van der Waals surface area (Å²) in [6.07, 6.45) is 0.870. The fourth-order valence-electron chi connectivity index (χ4n) is 1.53. The highest BCUT2D eigenvalue weighted by Gasteiger charge is 2.49. The minimum Gasteiger partial charge on any atom is -0.390 e. The molecule has 0 radical (unpaired) electrons. The summed E-state index contributed by atoms with van der Waals surface area (Å²) in [5, 5.41) is 10.3. The highest BCUT2D eigenvalue weighted by molar-refractivity contribution is 6.30. The lowest BCUT2D eigenvalue weighted by Crippen LogP contribution is -2.01. The fraction of sp³-hybridized carbons (Fsp3) is 0.400. The van der Waals surface area contributed by atoms with E-state index in [0.29, 0.717) is 5.92 Å². The van der Waals surface area contributed by atoms with Crippen LogP contribution in [0.4, 0.5) is 0 Å². The van der Waals surface area contributed by atoms with Gasteiger partial charge in [0.2, 0.25) is 0 Å². The highest BCUT2D eigenvalue weighted by atomic mass is 35.5. The normalized spacial score (nSPS) is 33.4. The second-order valence-electron chi connectivity index (χ2n) is 3.67. The SMILES string of the molecule is C[C@@]1(O)C[C@H]1c1ccc(Cl)cc1. The number of hydrogen-bond acceptors (Lipinski definition) is 1. The first-order valence-corrected chi connectivity index (χ1v) is 4.45. The minimum atomic E-state index is -0.478. The molecule has 0 saturated heterocycles. The van der Waals surface area contributed by atoms with Gasteiger partial charge < -0.3 is 5.11 Å². The molecular formula is C10H11ClO. The molecule has 1 nitrogen and oxygen atoms in total. The zero-order chi connectivity index (χ0) is 8.77. The maximum Gasteiger partial charge on any atom is 0.0696 e. The second kappa shape index (κ2) is 2.48. The van der Waals surface area contributed by atoms with Crippen LogP contribution in [0.2, 0.25) is 5.02 Å². The van der Waals surface area contributed by atoms with Gasteiger partial charge in [-0.15, -0.1) is 0 Å². The molecule has 64 valence electrons. The Labute approximate surface area is 77.0 Å². The standard InChI is InChI=1S/C10H11ClO/c1-10(12)6-9(10)7-2-4-8(11)5-3-7/h2-5,9,12H,6H2,1H3/t9-,10+/m0/s1. The average Bonchev–Trinajstić information content (AvgIpc) is 2.61. The second-order valence-corrected chi connectivity index (χ2v) is 4.10. The van der Waals surface area contributed by atoms with E-state index in [1.54, 1.807) is 0 Å². The topological polar surface area (TPSA) is 20.2 Å². The summed E-state index contributed by atoms with van der Waals surface area (Å²) in [5.41, 5.74) is 0.706. The molecule has 0 unspecified atom stereocenters. The number of aliphatic hydroxyl groups is 1. The lowest BCUT2D eigenvalue weighted by molar-refractivity contribution is 0.164. The van der Waals surface area contributed by atoms with Gasteiger partial charge in [-0.2, -0.15) is 0 Å². The lowest BCUT2D eigenvalue weighted by Gasteiger charge is -2.02. The molecule has 1 aromatic rings. The van der Waals surface area contributed by atoms with Crippen molar-refractivity contribution in [3.05, 3.63) is 34.9 Å². The molecule has 0 bridgehead atoms. The summed E-state index contributed by atoms with van der Waals surface area (Å²) in [4.78, 5) is 0. The van der Waals surface area contributed by atoms with Gasteiger partial charge in [0.05, 0.1) is 5.60 Å². The number of halogens is 1. The summed E-state index contributed by atoms with van der Waals surface area (Å²) in [5.74, 6) is 0.315. The van der Waals surface area contributed by atoms with E-state index in [0.717, 1.165) is 11.4 Å². The van der Waals surface area contributed by atoms with Crippen molar-refractivity contribution in [1.29, 1.82) is 0 Å². The Kier molecular flexibility index (Phi) is 1.67. The summed E-state index contributed by atoms with van der Waals surface area (Å²) in [7, 11) is 0. The summed E-state index contributed by atoms with van der Waals surface area (Å²) >= 11 is 5.75. The van der Waals surface area contributed by atoms with Crippen LogP contribution >= 0.6 is 11.6 Å². The maximum atomic E-state index is 9.58. The molecule has 2 heteroatoms. The fourth-order valence-corrected chi connectivity index (χ4v) is 1.65. The zero-order valence-corrected chi connectivity index (χ0v) is 7.67. The summed E-state index contributed by atoms with van der Waals surface area (Å²) in [6, 6.07) is 7.69. The van der Waals surface area contributed by atoms with Gasteiger partial charge in [-0.1, -0.05) is 23.7 Å². The zero-order valence-electron chi connectivity index (χ0n) is 6.92. The predicted octanol–water partition coefficient (Wildman–Crippen LogP) is 2.58. The van der Waals surface area contributed by atoms with E-state index in [1.807, 2.05) is 31.2 Å². The van der Waals surface area contributed by atoms with E-state index < -0.39 is 5.60 Å². The highest BCUT2D eigenvalue weighted by Crippen LogP contribution is 2.50. The smallest absolute Gasteiger partial charge is 0.0696 e. The van der Waals surface area contributed by atoms with Crippen LogP contribution in [0.5, 0.6) is 0 Å². The third kappa shape index (κ3) is 1.35. The molecule has 1 aliphatic carbocycles. The Hall–Kier alpha value is -0.530. The molecule has 2 rings (SSSR count). The molecule has 0 amide bonds. The van der Waals surface area contributed by atoms with Crippen molar-refractivity contribution >= 4 is 11.6 Å². The van der Waals surface area contributed by atoms with E-state index in [-0.39, 0.29) is 0 Å². The molecule has 2 atom stereocenters. The largest absolute Gasteiger partial charge is 0.390 e. The van der Waals surface area contributed by atoms with Crippen molar-refractivity contribution in [2.24, 2.45) is 0 Å². The van der Waals surface area contributed by atoms with Crippen LogP contribution in [0.25, 0.3) is 0 Å². The van der Waals surface area contributed by atoms with Gasteiger partial charge >= 0.3 is 0 Å². The van der Waals surface area contributed by atoms with Crippen molar-refractivity contribution in [3.63, 3.8) is 0 Å². The van der Waals surface area contributed by atoms with Crippen LogP contribution in [-0.4, -0.2) is 10.7 Å². The maximum absolute atomic E-state index is 9.58. The average molecular weight is 183 g/mol. The van der Waals surface area contributed by atoms with Gasteiger partial charge in [-0.3, -0.25) is 0 Å². The molecule has 0 aliphatic heterocycles. The molecule has 0 aromatic heterocycles. The van der Waals surface area contributed by atoms with E-state index in [4.69, 9.17) is 11.6 Å².